The molecule has 0 saturated heterocycles. The lowest BCUT2D eigenvalue weighted by Crippen LogP contribution is -2.44. The Morgan fingerprint density at radius 2 is 1.96 bits per heavy atom. The van der Waals surface area contributed by atoms with Crippen LogP contribution in [0.3, 0.4) is 0 Å². The van der Waals surface area contributed by atoms with Gasteiger partial charge in [-0.3, -0.25) is 9.20 Å². The van der Waals surface area contributed by atoms with Gasteiger partial charge in [0.2, 0.25) is 5.91 Å². The normalized spacial score (nSPS) is 17.2. The molecule has 1 aliphatic rings. The highest BCUT2D eigenvalue weighted by Gasteiger charge is 2.27. The molecule has 1 aromatic carbocycles. The minimum Gasteiger partial charge on any atom is -0.372 e. The van der Waals surface area contributed by atoms with Gasteiger partial charge in [0.05, 0.1) is 0 Å². The summed E-state index contributed by atoms with van der Waals surface area (Å²) >= 11 is 0. The Hall–Kier alpha value is -3.09. The van der Waals surface area contributed by atoms with E-state index in [1.807, 2.05) is 43.1 Å². The molecule has 26 heavy (non-hydrogen) atoms. The molecule has 2 aromatic heterocycles. The molecule has 1 amide bonds. The van der Waals surface area contributed by atoms with Crippen LogP contribution in [0.1, 0.15) is 12.5 Å². The van der Waals surface area contributed by atoms with Crippen molar-refractivity contribution in [2.45, 2.75) is 26.1 Å². The summed E-state index contributed by atoms with van der Waals surface area (Å²) in [4.78, 5) is 29.4. The number of anilines is 1. The number of carbonyl (C=O) groups excluding carboxylic acids is 1. The summed E-state index contributed by atoms with van der Waals surface area (Å²) in [7, 11) is 2.04. The number of fused-ring (bicyclic) bond motifs is 2. The van der Waals surface area contributed by atoms with Gasteiger partial charge in [0.15, 0.2) is 5.65 Å². The standard InChI is InChI=1S/C19H21N5O2/c1-14-11-21(2)16-8-4-3-7-15(16)12-23(14)18(25)13-24-19(26)22-10-6-5-9-17(22)20-24/h3-10,14H,11-13H2,1-2H3. The second-order valence-corrected chi connectivity index (χ2v) is 6.75. The summed E-state index contributed by atoms with van der Waals surface area (Å²) in [6.45, 7) is 3.24. The van der Waals surface area contributed by atoms with Crippen LogP contribution >= 0.6 is 0 Å². The van der Waals surface area contributed by atoms with Crippen LogP contribution in [-0.2, 0) is 17.9 Å². The minimum absolute atomic E-state index is 0.0348. The number of amides is 1. The lowest BCUT2D eigenvalue weighted by atomic mass is 10.1. The summed E-state index contributed by atoms with van der Waals surface area (Å²) in [5, 5.41) is 4.26. The van der Waals surface area contributed by atoms with Gasteiger partial charge in [-0.15, -0.1) is 5.10 Å². The molecule has 0 saturated carbocycles. The monoisotopic (exact) mass is 351 g/mol. The number of hydrogen-bond acceptors (Lipinski definition) is 4. The predicted octanol–water partition coefficient (Wildman–Crippen LogP) is 1.36. The summed E-state index contributed by atoms with van der Waals surface area (Å²) in [5.41, 5.74) is 2.49. The van der Waals surface area contributed by atoms with Crippen LogP contribution < -0.4 is 10.6 Å². The molecular formula is C19H21N5O2. The van der Waals surface area contributed by atoms with Crippen LogP contribution in [0, 0.1) is 0 Å². The maximum atomic E-state index is 13.0. The number of pyridine rings is 1. The van der Waals surface area contributed by atoms with E-state index in [1.54, 1.807) is 18.3 Å². The lowest BCUT2D eigenvalue weighted by molar-refractivity contribution is -0.134. The minimum atomic E-state index is -0.297. The number of aromatic nitrogens is 3. The SMILES string of the molecule is CC1CN(C)c2ccccc2CN1C(=O)Cn1nc2ccccn2c1=O. The first-order valence-electron chi connectivity index (χ1n) is 8.67. The average molecular weight is 351 g/mol. The molecular weight excluding hydrogens is 330 g/mol. The van der Waals surface area contributed by atoms with Crippen molar-refractivity contribution >= 4 is 17.2 Å². The van der Waals surface area contributed by atoms with Crippen molar-refractivity contribution in [3.8, 4) is 0 Å². The predicted molar refractivity (Wildman–Crippen MR) is 99.2 cm³/mol. The molecule has 1 aliphatic heterocycles. The molecule has 4 rings (SSSR count). The topological polar surface area (TPSA) is 62.9 Å². The van der Waals surface area contributed by atoms with Crippen molar-refractivity contribution in [2.24, 2.45) is 0 Å². The highest BCUT2D eigenvalue weighted by Crippen LogP contribution is 2.26. The van der Waals surface area contributed by atoms with E-state index in [0.29, 0.717) is 12.2 Å². The molecule has 0 fully saturated rings. The number of nitrogens with zero attached hydrogens (tertiary/aromatic N) is 5. The average Bonchev–Trinajstić information content (AvgIpc) is 2.88. The number of benzene rings is 1. The number of carbonyl (C=O) groups is 1. The summed E-state index contributed by atoms with van der Waals surface area (Å²) in [5.74, 6) is -0.104. The molecule has 0 spiro atoms. The summed E-state index contributed by atoms with van der Waals surface area (Å²) in [6, 6.07) is 13.5. The highest BCUT2D eigenvalue weighted by atomic mass is 16.2. The molecule has 134 valence electrons. The van der Waals surface area contributed by atoms with Gasteiger partial charge in [-0.05, 0) is 30.7 Å². The molecule has 0 aliphatic carbocycles. The maximum absolute atomic E-state index is 13.0. The van der Waals surface area contributed by atoms with Gasteiger partial charge in [-0.25, -0.2) is 9.48 Å². The van der Waals surface area contributed by atoms with Gasteiger partial charge < -0.3 is 9.80 Å². The maximum Gasteiger partial charge on any atom is 0.350 e. The summed E-state index contributed by atoms with van der Waals surface area (Å²) < 4.78 is 2.69. The van der Waals surface area contributed by atoms with E-state index in [2.05, 4.69) is 16.1 Å². The van der Waals surface area contributed by atoms with Gasteiger partial charge in [0.25, 0.3) is 0 Å². The van der Waals surface area contributed by atoms with Crippen LogP contribution in [0.15, 0.2) is 53.5 Å². The van der Waals surface area contributed by atoms with E-state index in [9.17, 15) is 9.59 Å². The molecule has 1 unspecified atom stereocenters. The Balaban J connectivity index is 1.63. The van der Waals surface area contributed by atoms with Gasteiger partial charge in [-0.1, -0.05) is 24.3 Å². The van der Waals surface area contributed by atoms with Crippen molar-refractivity contribution in [3.63, 3.8) is 0 Å². The molecule has 1 atom stereocenters. The molecule has 7 nitrogen and oxygen atoms in total. The first-order chi connectivity index (χ1) is 12.5. The largest absolute Gasteiger partial charge is 0.372 e. The number of hydrogen-bond donors (Lipinski definition) is 0. The molecule has 0 radical (unpaired) electrons. The van der Waals surface area contributed by atoms with E-state index < -0.39 is 0 Å². The third-order valence-electron chi connectivity index (χ3n) is 4.91. The van der Waals surface area contributed by atoms with Gasteiger partial charge in [-0.2, -0.15) is 0 Å². The second kappa shape index (κ2) is 6.33. The quantitative estimate of drug-likeness (QED) is 0.699. The Kier molecular flexibility index (Phi) is 3.99. The lowest BCUT2D eigenvalue weighted by Gasteiger charge is -2.28. The molecule has 7 heteroatoms. The third kappa shape index (κ3) is 2.75. The fourth-order valence-corrected chi connectivity index (χ4v) is 3.57. The fraction of sp³-hybridized carbons (Fsp3) is 0.316. The van der Waals surface area contributed by atoms with Crippen molar-refractivity contribution < 1.29 is 4.79 Å². The van der Waals surface area contributed by atoms with Gasteiger partial charge in [0.1, 0.15) is 6.54 Å². The zero-order valence-electron chi connectivity index (χ0n) is 14.9. The van der Waals surface area contributed by atoms with E-state index in [-0.39, 0.29) is 24.2 Å². The van der Waals surface area contributed by atoms with Crippen molar-refractivity contribution in [3.05, 3.63) is 64.7 Å². The zero-order valence-corrected chi connectivity index (χ0v) is 14.9. The highest BCUT2D eigenvalue weighted by molar-refractivity contribution is 5.77. The number of likely N-dealkylation sites (N-methyl/N-ethyl adjacent to an activating group) is 1. The Labute approximate surface area is 151 Å². The molecule has 0 bridgehead atoms. The Morgan fingerprint density at radius 1 is 1.19 bits per heavy atom. The second-order valence-electron chi connectivity index (χ2n) is 6.75. The van der Waals surface area contributed by atoms with Crippen molar-refractivity contribution in [1.29, 1.82) is 0 Å². The Bertz CT molecular complexity index is 1020. The fourth-order valence-electron chi connectivity index (χ4n) is 3.57. The van der Waals surface area contributed by atoms with Crippen molar-refractivity contribution in [2.75, 3.05) is 18.5 Å². The molecule has 0 N–H and O–H groups in total. The van der Waals surface area contributed by atoms with Crippen LogP contribution in [0.25, 0.3) is 5.65 Å². The van der Waals surface area contributed by atoms with E-state index in [0.717, 1.165) is 17.8 Å². The van der Waals surface area contributed by atoms with E-state index in [4.69, 9.17) is 0 Å². The van der Waals surface area contributed by atoms with Crippen LogP contribution in [0.2, 0.25) is 0 Å². The van der Waals surface area contributed by atoms with Crippen LogP contribution in [-0.4, -0.2) is 44.6 Å². The van der Waals surface area contributed by atoms with E-state index in [1.165, 1.54) is 9.08 Å². The zero-order chi connectivity index (χ0) is 18.3. The number of rotatable bonds is 2. The van der Waals surface area contributed by atoms with E-state index >= 15 is 0 Å². The first-order valence-corrected chi connectivity index (χ1v) is 8.67. The first kappa shape index (κ1) is 16.4. The Morgan fingerprint density at radius 3 is 2.77 bits per heavy atom. The molecule has 3 aromatic rings. The van der Waals surface area contributed by atoms with Gasteiger partial charge in [0, 0.05) is 38.1 Å². The van der Waals surface area contributed by atoms with Crippen molar-refractivity contribution in [1.82, 2.24) is 19.1 Å². The van der Waals surface area contributed by atoms with Crippen LogP contribution in [0.5, 0.6) is 0 Å². The van der Waals surface area contributed by atoms with Crippen LogP contribution in [0.4, 0.5) is 5.69 Å². The van der Waals surface area contributed by atoms with Gasteiger partial charge >= 0.3 is 5.69 Å². The third-order valence-corrected chi connectivity index (χ3v) is 4.91. The molecule has 3 heterocycles. The summed E-state index contributed by atoms with van der Waals surface area (Å²) in [6.07, 6.45) is 1.66. The number of para-hydroxylation sites is 1. The smallest absolute Gasteiger partial charge is 0.350 e.